The Morgan fingerprint density at radius 1 is 1.40 bits per heavy atom. The van der Waals surface area contributed by atoms with E-state index in [0.717, 1.165) is 10.1 Å². The number of hydrogen-bond acceptors (Lipinski definition) is 4. The molecule has 0 aliphatic heterocycles. The Morgan fingerprint density at radius 2 is 2.10 bits per heavy atom. The number of carbonyl (C=O) groups excluding carboxylic acids is 1. The molecule has 0 radical (unpaired) electrons. The lowest BCUT2D eigenvalue weighted by atomic mass is 10.1. The Balaban J connectivity index is 2.49. The summed E-state index contributed by atoms with van der Waals surface area (Å²) in [4.78, 5) is 14.5. The maximum atomic E-state index is 11.5. The smallest absolute Gasteiger partial charge is 0.332 e. The zero-order valence-electron chi connectivity index (χ0n) is 11.3. The molecule has 20 heavy (non-hydrogen) atoms. The molecule has 3 nitrogen and oxygen atoms in total. The lowest BCUT2D eigenvalue weighted by molar-refractivity contribution is -0.135. The van der Waals surface area contributed by atoms with E-state index in [-0.39, 0.29) is 5.97 Å². The predicted octanol–water partition coefficient (Wildman–Crippen LogP) is 2.29. The average molecular weight is 305 g/mol. The van der Waals surface area contributed by atoms with Crippen LogP contribution in [0.3, 0.4) is 0 Å². The van der Waals surface area contributed by atoms with Crippen LogP contribution < -0.4 is 9.88 Å². The maximum absolute atomic E-state index is 11.5. The fourth-order valence-electron chi connectivity index (χ4n) is 1.68. The highest BCUT2D eigenvalue weighted by Gasteiger charge is 1.98. The van der Waals surface area contributed by atoms with Gasteiger partial charge in [0.05, 0.1) is 16.5 Å². The van der Waals surface area contributed by atoms with Gasteiger partial charge in [-0.25, -0.2) is 4.79 Å². The largest absolute Gasteiger partial charge is 0.463 e. The number of benzene rings is 1. The van der Waals surface area contributed by atoms with Gasteiger partial charge < -0.3 is 9.72 Å². The molecule has 1 aromatic carbocycles. The van der Waals surface area contributed by atoms with E-state index in [1.165, 1.54) is 23.0 Å². The molecule has 5 heteroatoms. The van der Waals surface area contributed by atoms with Gasteiger partial charge in [0.1, 0.15) is 0 Å². The first-order valence-electron chi connectivity index (χ1n) is 6.24. The summed E-state index contributed by atoms with van der Waals surface area (Å²) in [6.07, 6.45) is 3.44. The van der Waals surface area contributed by atoms with Crippen molar-refractivity contribution in [1.29, 1.82) is 0 Å². The highest BCUT2D eigenvalue weighted by atomic mass is 32.1. The number of thiazole rings is 1. The van der Waals surface area contributed by atoms with Crippen LogP contribution in [0.2, 0.25) is 0 Å². The number of rotatable bonds is 3. The van der Waals surface area contributed by atoms with Crippen molar-refractivity contribution in [3.8, 4) is 0 Å². The summed E-state index contributed by atoms with van der Waals surface area (Å²) in [5.74, 6) is -0.366. The standard InChI is InChI=1S/C15H15NO2S2/c1-3-18-14(17)9-12-13(20-15(19)16-12)8-11-6-4-10(2)5-7-11/h4-9H,3H2,1-2H3,(H,16,19)/b12-9-,13-8-. The number of carbonyl (C=O) groups is 1. The quantitative estimate of drug-likeness (QED) is 0.699. The molecule has 0 amide bonds. The monoisotopic (exact) mass is 305 g/mol. The van der Waals surface area contributed by atoms with Crippen molar-refractivity contribution < 1.29 is 9.53 Å². The SMILES string of the molecule is CCOC(=O)/C=c1\[nH]c(=S)s\c1=C/c1ccc(C)cc1. The Bertz CT molecular complexity index is 769. The van der Waals surface area contributed by atoms with E-state index < -0.39 is 0 Å². The molecule has 0 saturated heterocycles. The molecule has 0 aliphatic rings. The molecule has 0 spiro atoms. The van der Waals surface area contributed by atoms with Gasteiger partial charge in [0.25, 0.3) is 0 Å². The molecule has 104 valence electrons. The Labute approximate surface area is 126 Å². The van der Waals surface area contributed by atoms with E-state index in [4.69, 9.17) is 17.0 Å². The molecule has 0 saturated carbocycles. The number of ether oxygens (including phenoxy) is 1. The summed E-state index contributed by atoms with van der Waals surface area (Å²) in [6, 6.07) is 8.16. The number of aromatic nitrogens is 1. The van der Waals surface area contributed by atoms with Crippen LogP contribution in [0.25, 0.3) is 12.2 Å². The number of esters is 1. The van der Waals surface area contributed by atoms with Gasteiger partial charge in [0.15, 0.2) is 3.95 Å². The van der Waals surface area contributed by atoms with E-state index in [9.17, 15) is 4.79 Å². The maximum Gasteiger partial charge on any atom is 0.332 e. The highest BCUT2D eigenvalue weighted by Crippen LogP contribution is 2.03. The molecule has 0 fully saturated rings. The van der Waals surface area contributed by atoms with Crippen molar-refractivity contribution in [2.75, 3.05) is 6.61 Å². The molecule has 1 N–H and O–H groups in total. The molecular formula is C15H15NO2S2. The molecule has 0 unspecified atom stereocenters. The third-order valence-corrected chi connectivity index (χ3v) is 3.83. The first kappa shape index (κ1) is 14.7. The summed E-state index contributed by atoms with van der Waals surface area (Å²) in [5.41, 5.74) is 2.28. The van der Waals surface area contributed by atoms with E-state index in [0.29, 0.717) is 15.9 Å². The van der Waals surface area contributed by atoms with Gasteiger partial charge in [-0.05, 0) is 37.7 Å². The van der Waals surface area contributed by atoms with E-state index in [1.54, 1.807) is 6.92 Å². The van der Waals surface area contributed by atoms with Gasteiger partial charge >= 0.3 is 5.97 Å². The number of H-pyrrole nitrogens is 1. The second-order valence-corrected chi connectivity index (χ2v) is 5.96. The lowest BCUT2D eigenvalue weighted by Crippen LogP contribution is -2.23. The molecule has 0 bridgehead atoms. The minimum atomic E-state index is -0.366. The van der Waals surface area contributed by atoms with Crippen LogP contribution in [-0.2, 0) is 9.53 Å². The summed E-state index contributed by atoms with van der Waals surface area (Å²) < 4.78 is 6.48. The van der Waals surface area contributed by atoms with Crippen LogP contribution in [0.4, 0.5) is 0 Å². The lowest BCUT2D eigenvalue weighted by Gasteiger charge is -1.94. The Morgan fingerprint density at radius 3 is 2.75 bits per heavy atom. The molecule has 2 aromatic rings. The van der Waals surface area contributed by atoms with Crippen molar-refractivity contribution in [3.63, 3.8) is 0 Å². The van der Waals surface area contributed by atoms with E-state index in [1.807, 2.05) is 37.3 Å². The fourth-order valence-corrected chi connectivity index (χ4v) is 2.84. The number of aryl methyl sites for hydroxylation is 1. The van der Waals surface area contributed by atoms with Gasteiger partial charge in [-0.1, -0.05) is 29.8 Å². The second kappa shape index (κ2) is 6.63. The van der Waals surface area contributed by atoms with Gasteiger partial charge in [-0.3, -0.25) is 0 Å². The topological polar surface area (TPSA) is 42.1 Å². The van der Waals surface area contributed by atoms with Gasteiger partial charge in [-0.15, -0.1) is 11.3 Å². The summed E-state index contributed by atoms with van der Waals surface area (Å²) in [6.45, 7) is 4.18. The fraction of sp³-hybridized carbons (Fsp3) is 0.200. The number of nitrogens with one attached hydrogen (secondary N) is 1. The first-order chi connectivity index (χ1) is 9.58. The number of hydrogen-bond donors (Lipinski definition) is 1. The summed E-state index contributed by atoms with van der Waals surface area (Å²) >= 11 is 6.58. The van der Waals surface area contributed by atoms with E-state index in [2.05, 4.69) is 4.98 Å². The van der Waals surface area contributed by atoms with Crippen LogP contribution in [0.1, 0.15) is 18.1 Å². The first-order valence-corrected chi connectivity index (χ1v) is 7.47. The van der Waals surface area contributed by atoms with Crippen molar-refractivity contribution in [1.82, 2.24) is 4.98 Å². The van der Waals surface area contributed by atoms with Crippen LogP contribution in [0.5, 0.6) is 0 Å². The second-order valence-electron chi connectivity index (χ2n) is 4.24. The van der Waals surface area contributed by atoms with E-state index >= 15 is 0 Å². The van der Waals surface area contributed by atoms with Crippen LogP contribution in [0, 0.1) is 10.9 Å². The molecule has 0 atom stereocenters. The predicted molar refractivity (Wildman–Crippen MR) is 84.6 cm³/mol. The van der Waals surface area contributed by atoms with Gasteiger partial charge in [0.2, 0.25) is 0 Å². The van der Waals surface area contributed by atoms with Crippen LogP contribution in [0.15, 0.2) is 24.3 Å². The highest BCUT2D eigenvalue weighted by molar-refractivity contribution is 7.73. The Kier molecular flexibility index (Phi) is 4.87. The van der Waals surface area contributed by atoms with Gasteiger partial charge in [0, 0.05) is 6.08 Å². The van der Waals surface area contributed by atoms with Crippen LogP contribution >= 0.6 is 23.6 Å². The van der Waals surface area contributed by atoms with Crippen LogP contribution in [-0.4, -0.2) is 17.6 Å². The van der Waals surface area contributed by atoms with Crippen molar-refractivity contribution in [2.45, 2.75) is 13.8 Å². The molecular weight excluding hydrogens is 290 g/mol. The Hall–Kier alpha value is -1.72. The molecule has 2 rings (SSSR count). The third-order valence-electron chi connectivity index (χ3n) is 2.63. The van der Waals surface area contributed by atoms with Crippen molar-refractivity contribution >= 4 is 41.7 Å². The summed E-state index contributed by atoms with van der Waals surface area (Å²) in [7, 11) is 0. The van der Waals surface area contributed by atoms with Crippen molar-refractivity contribution in [2.24, 2.45) is 0 Å². The normalized spacial score (nSPS) is 12.7. The molecule has 0 aliphatic carbocycles. The molecule has 1 heterocycles. The average Bonchev–Trinajstić information content (AvgIpc) is 2.72. The minimum absolute atomic E-state index is 0.358. The summed E-state index contributed by atoms with van der Waals surface area (Å²) in [5, 5.41) is 0.694. The third kappa shape index (κ3) is 3.88. The zero-order chi connectivity index (χ0) is 14.5. The minimum Gasteiger partial charge on any atom is -0.463 e. The zero-order valence-corrected chi connectivity index (χ0v) is 12.9. The van der Waals surface area contributed by atoms with Crippen molar-refractivity contribution in [3.05, 3.63) is 49.2 Å². The van der Waals surface area contributed by atoms with Gasteiger partial charge in [-0.2, -0.15) is 0 Å². The number of aromatic amines is 1. The molecule has 1 aromatic heterocycles.